The van der Waals surface area contributed by atoms with Gasteiger partial charge in [0.05, 0.1) is 12.9 Å². The van der Waals surface area contributed by atoms with Crippen LogP contribution in [0.2, 0.25) is 0 Å². The Kier molecular flexibility index (Phi) is 7.43. The van der Waals surface area contributed by atoms with E-state index in [1.54, 1.807) is 0 Å². The van der Waals surface area contributed by atoms with Gasteiger partial charge >= 0.3 is 0 Å². The molecular weight excluding hydrogens is 252 g/mol. The van der Waals surface area contributed by atoms with E-state index in [1.165, 1.54) is 17.9 Å². The molecule has 20 heavy (non-hydrogen) atoms. The molecule has 0 aliphatic rings. The molecule has 0 bridgehead atoms. The second kappa shape index (κ2) is 9.15. The maximum atomic E-state index is 11.6. The number of hydrogen-bond acceptors (Lipinski definition) is 3. The molecule has 4 nitrogen and oxygen atoms in total. The molecule has 4 heteroatoms. The summed E-state index contributed by atoms with van der Waals surface area (Å²) in [6, 6.07) is 7.93. The average Bonchev–Trinajstić information content (AvgIpc) is 2.46. The van der Waals surface area contributed by atoms with Gasteiger partial charge in [0.1, 0.15) is 0 Å². The van der Waals surface area contributed by atoms with E-state index in [-0.39, 0.29) is 5.91 Å². The zero-order chi connectivity index (χ0) is 14.8. The van der Waals surface area contributed by atoms with Gasteiger partial charge in [0.25, 0.3) is 5.91 Å². The van der Waals surface area contributed by atoms with Crippen LogP contribution in [0, 0.1) is 0 Å². The van der Waals surface area contributed by atoms with Gasteiger partial charge in [0.2, 0.25) is 0 Å². The van der Waals surface area contributed by atoms with Crippen molar-refractivity contribution >= 4 is 11.6 Å². The lowest BCUT2D eigenvalue weighted by atomic mass is 10.2. The van der Waals surface area contributed by atoms with Crippen molar-refractivity contribution in [2.24, 2.45) is 0 Å². The van der Waals surface area contributed by atoms with Crippen LogP contribution >= 0.6 is 0 Å². The first-order chi connectivity index (χ1) is 9.69. The van der Waals surface area contributed by atoms with E-state index in [1.807, 2.05) is 31.2 Å². The first kappa shape index (κ1) is 16.2. The molecule has 0 saturated heterocycles. The van der Waals surface area contributed by atoms with E-state index >= 15 is 0 Å². The molecule has 0 atom stereocenters. The van der Waals surface area contributed by atoms with Gasteiger partial charge in [0, 0.05) is 18.3 Å². The van der Waals surface area contributed by atoms with Crippen LogP contribution in [0.15, 0.2) is 36.6 Å². The molecular formula is C16H24N2O2. The van der Waals surface area contributed by atoms with E-state index in [0.29, 0.717) is 6.61 Å². The van der Waals surface area contributed by atoms with E-state index in [4.69, 9.17) is 4.74 Å². The number of rotatable bonds is 8. The predicted molar refractivity (Wildman–Crippen MR) is 82.5 cm³/mol. The van der Waals surface area contributed by atoms with Gasteiger partial charge in [-0.25, -0.2) is 0 Å². The number of nitrogens with zero attached hydrogens (tertiary/aromatic N) is 1. The molecule has 1 aromatic rings. The van der Waals surface area contributed by atoms with Gasteiger partial charge < -0.3 is 10.1 Å². The third kappa shape index (κ3) is 5.89. The van der Waals surface area contributed by atoms with Gasteiger partial charge in [-0.05, 0) is 37.7 Å². The second-order valence-corrected chi connectivity index (χ2v) is 4.41. The van der Waals surface area contributed by atoms with Gasteiger partial charge in [0.15, 0.2) is 0 Å². The molecule has 1 aromatic carbocycles. The Bertz CT molecular complexity index is 423. The minimum atomic E-state index is -0.185. The summed E-state index contributed by atoms with van der Waals surface area (Å²) >= 11 is 0. The van der Waals surface area contributed by atoms with Crippen LogP contribution in [0.5, 0.6) is 0 Å². The van der Waals surface area contributed by atoms with E-state index < -0.39 is 0 Å². The molecule has 0 saturated carbocycles. The Morgan fingerprint density at radius 3 is 2.40 bits per heavy atom. The van der Waals surface area contributed by atoms with Crippen molar-refractivity contribution in [2.75, 3.05) is 25.0 Å². The fourth-order valence-electron chi connectivity index (χ4n) is 1.79. The first-order valence-electron chi connectivity index (χ1n) is 7.10. The second-order valence-electron chi connectivity index (χ2n) is 4.41. The number of carbonyl (C=O) groups is 1. The van der Waals surface area contributed by atoms with Crippen LogP contribution in [0.3, 0.4) is 0 Å². The molecule has 0 aliphatic heterocycles. The fraction of sp³-hybridized carbons (Fsp3) is 0.438. The molecule has 0 spiro atoms. The topological polar surface area (TPSA) is 41.6 Å². The summed E-state index contributed by atoms with van der Waals surface area (Å²) in [6.45, 7) is 9.76. The lowest BCUT2D eigenvalue weighted by molar-refractivity contribution is -0.112. The molecule has 0 unspecified atom stereocenters. The number of carbonyl (C=O) groups excluding carboxylic acids is 1. The standard InChI is InChI=1S/C16H24N2O2/c1-4-18(5-2)13-14-7-9-15(10-8-14)17-16(19)11-12-20-6-3/h7-12H,4-6,13H2,1-3H3,(H,17,19)/b12-11+. The number of benzene rings is 1. The van der Waals surface area contributed by atoms with Crippen LogP contribution in [0.4, 0.5) is 5.69 Å². The highest BCUT2D eigenvalue weighted by atomic mass is 16.5. The van der Waals surface area contributed by atoms with Crippen LogP contribution in [-0.2, 0) is 16.1 Å². The molecule has 0 aromatic heterocycles. The van der Waals surface area contributed by atoms with Crippen molar-refractivity contribution in [1.29, 1.82) is 0 Å². The van der Waals surface area contributed by atoms with Gasteiger partial charge in [-0.2, -0.15) is 0 Å². The van der Waals surface area contributed by atoms with Crippen LogP contribution < -0.4 is 5.32 Å². The predicted octanol–water partition coefficient (Wildman–Crippen LogP) is 3.02. The van der Waals surface area contributed by atoms with Crippen LogP contribution in [-0.4, -0.2) is 30.5 Å². The lowest BCUT2D eigenvalue weighted by Crippen LogP contribution is -2.22. The van der Waals surface area contributed by atoms with Gasteiger partial charge in [-0.15, -0.1) is 0 Å². The van der Waals surface area contributed by atoms with Gasteiger partial charge in [-0.1, -0.05) is 26.0 Å². The van der Waals surface area contributed by atoms with Gasteiger partial charge in [-0.3, -0.25) is 9.69 Å². The number of anilines is 1. The smallest absolute Gasteiger partial charge is 0.251 e. The van der Waals surface area contributed by atoms with Crippen molar-refractivity contribution in [3.8, 4) is 0 Å². The SMILES string of the molecule is CCO/C=C/C(=O)Nc1ccc(CN(CC)CC)cc1. The Balaban J connectivity index is 2.52. The summed E-state index contributed by atoms with van der Waals surface area (Å²) < 4.78 is 4.98. The Labute approximate surface area is 121 Å². The Morgan fingerprint density at radius 2 is 1.85 bits per heavy atom. The Hall–Kier alpha value is -1.81. The fourth-order valence-corrected chi connectivity index (χ4v) is 1.79. The number of ether oxygens (including phenoxy) is 1. The lowest BCUT2D eigenvalue weighted by Gasteiger charge is -2.18. The Morgan fingerprint density at radius 1 is 1.20 bits per heavy atom. The molecule has 1 rings (SSSR count). The summed E-state index contributed by atoms with van der Waals surface area (Å²) in [7, 11) is 0. The van der Waals surface area contributed by atoms with Crippen molar-refractivity contribution in [3.05, 3.63) is 42.2 Å². The third-order valence-electron chi connectivity index (χ3n) is 3.00. The quantitative estimate of drug-likeness (QED) is 0.586. The maximum Gasteiger partial charge on any atom is 0.251 e. The summed E-state index contributed by atoms with van der Waals surface area (Å²) in [5, 5.41) is 2.79. The normalized spacial score (nSPS) is 11.0. The van der Waals surface area contributed by atoms with Crippen molar-refractivity contribution in [1.82, 2.24) is 4.90 Å². The van der Waals surface area contributed by atoms with Crippen molar-refractivity contribution < 1.29 is 9.53 Å². The highest BCUT2D eigenvalue weighted by molar-refractivity contribution is 5.99. The first-order valence-corrected chi connectivity index (χ1v) is 7.10. The summed E-state index contributed by atoms with van der Waals surface area (Å²) in [4.78, 5) is 13.9. The largest absolute Gasteiger partial charge is 0.501 e. The van der Waals surface area contributed by atoms with Crippen molar-refractivity contribution in [3.63, 3.8) is 0 Å². The van der Waals surface area contributed by atoms with Crippen LogP contribution in [0.25, 0.3) is 0 Å². The highest BCUT2D eigenvalue weighted by Gasteiger charge is 2.02. The monoisotopic (exact) mass is 276 g/mol. The molecule has 0 heterocycles. The van der Waals surface area contributed by atoms with E-state index in [0.717, 1.165) is 25.3 Å². The number of amides is 1. The number of hydrogen-bond donors (Lipinski definition) is 1. The molecule has 0 fully saturated rings. The summed E-state index contributed by atoms with van der Waals surface area (Å²) in [5.74, 6) is -0.185. The highest BCUT2D eigenvalue weighted by Crippen LogP contribution is 2.11. The average molecular weight is 276 g/mol. The minimum Gasteiger partial charge on any atom is -0.501 e. The minimum absolute atomic E-state index is 0.185. The molecule has 1 N–H and O–H groups in total. The van der Waals surface area contributed by atoms with Crippen LogP contribution in [0.1, 0.15) is 26.3 Å². The molecule has 0 radical (unpaired) electrons. The number of nitrogens with one attached hydrogen (secondary N) is 1. The zero-order valence-electron chi connectivity index (χ0n) is 12.6. The molecule has 0 aliphatic carbocycles. The maximum absolute atomic E-state index is 11.6. The van der Waals surface area contributed by atoms with E-state index in [2.05, 4.69) is 24.1 Å². The zero-order valence-corrected chi connectivity index (χ0v) is 12.6. The van der Waals surface area contributed by atoms with E-state index in [9.17, 15) is 4.79 Å². The molecule has 110 valence electrons. The summed E-state index contributed by atoms with van der Waals surface area (Å²) in [5.41, 5.74) is 2.04. The molecule has 1 amide bonds. The summed E-state index contributed by atoms with van der Waals surface area (Å²) in [6.07, 6.45) is 2.79. The van der Waals surface area contributed by atoms with Crippen molar-refractivity contribution in [2.45, 2.75) is 27.3 Å². The third-order valence-corrected chi connectivity index (χ3v) is 3.00.